The van der Waals surface area contributed by atoms with E-state index in [4.69, 9.17) is 5.11 Å². The number of methoxy groups -OCH3 is 1. The molecule has 0 aromatic carbocycles. The summed E-state index contributed by atoms with van der Waals surface area (Å²) in [5.74, 6) is -5.24. The van der Waals surface area contributed by atoms with E-state index in [0.29, 0.717) is 12.8 Å². The summed E-state index contributed by atoms with van der Waals surface area (Å²) in [6, 6.07) is 0. The molecule has 0 heterocycles. The Morgan fingerprint density at radius 1 is 0.741 bits per heavy atom. The summed E-state index contributed by atoms with van der Waals surface area (Å²) in [5.41, 5.74) is 0. The zero-order chi connectivity index (χ0) is 20.5. The second-order valence-electron chi connectivity index (χ2n) is 7.35. The minimum atomic E-state index is -1.26. The van der Waals surface area contributed by atoms with Gasteiger partial charge < -0.3 is 14.9 Å². The number of unbranched alkanes of at least 4 members (excludes halogenated alkanes) is 11. The highest BCUT2D eigenvalue weighted by molar-refractivity contribution is 5.84. The summed E-state index contributed by atoms with van der Waals surface area (Å²) in [4.78, 5) is 34.1. The van der Waals surface area contributed by atoms with Crippen molar-refractivity contribution in [2.24, 2.45) is 11.8 Å². The number of carboxylic acid groups (broad SMARTS) is 2. The van der Waals surface area contributed by atoms with E-state index >= 15 is 0 Å². The number of hydrogen-bond donors (Lipinski definition) is 2. The number of carboxylic acids is 2. The van der Waals surface area contributed by atoms with Crippen LogP contribution in [0.15, 0.2) is 0 Å². The van der Waals surface area contributed by atoms with Gasteiger partial charge in [0.05, 0.1) is 25.4 Å². The quantitative estimate of drug-likeness (QED) is 0.253. The fourth-order valence-electron chi connectivity index (χ4n) is 3.43. The molecule has 0 unspecified atom stereocenters. The zero-order valence-electron chi connectivity index (χ0n) is 17.1. The molecule has 2 N–H and O–H groups in total. The van der Waals surface area contributed by atoms with E-state index in [0.717, 1.165) is 19.3 Å². The maximum Gasteiger partial charge on any atom is 0.309 e. The lowest BCUT2D eigenvalue weighted by atomic mass is 9.85. The normalized spacial score (nSPS) is 13.1. The highest BCUT2D eigenvalue weighted by atomic mass is 16.5. The number of esters is 1. The lowest BCUT2D eigenvalue weighted by Gasteiger charge is -2.20. The summed E-state index contributed by atoms with van der Waals surface area (Å²) in [7, 11) is 1.21. The molecule has 158 valence electrons. The largest absolute Gasteiger partial charge is 0.481 e. The van der Waals surface area contributed by atoms with Crippen LogP contribution in [-0.2, 0) is 19.1 Å². The van der Waals surface area contributed by atoms with Gasteiger partial charge in [-0.05, 0) is 6.42 Å². The Morgan fingerprint density at radius 3 is 1.56 bits per heavy atom. The molecule has 0 saturated carbocycles. The van der Waals surface area contributed by atoms with Crippen LogP contribution in [0.3, 0.4) is 0 Å². The third-order valence-corrected chi connectivity index (χ3v) is 5.07. The third-order valence-electron chi connectivity index (χ3n) is 5.07. The predicted molar refractivity (Wildman–Crippen MR) is 105 cm³/mol. The Labute approximate surface area is 163 Å². The fraction of sp³-hybridized carbons (Fsp3) is 0.857. The molecule has 0 fully saturated rings. The van der Waals surface area contributed by atoms with Crippen LogP contribution >= 0.6 is 0 Å². The highest BCUT2D eigenvalue weighted by Gasteiger charge is 2.35. The van der Waals surface area contributed by atoms with Crippen LogP contribution in [0.25, 0.3) is 0 Å². The molecular weight excluding hydrogens is 348 g/mol. The molecule has 6 heteroatoms. The zero-order valence-corrected chi connectivity index (χ0v) is 17.1. The van der Waals surface area contributed by atoms with Crippen molar-refractivity contribution in [3.8, 4) is 0 Å². The molecule has 0 aliphatic heterocycles. The average Bonchev–Trinajstić information content (AvgIpc) is 2.63. The number of hydrogen-bond acceptors (Lipinski definition) is 4. The van der Waals surface area contributed by atoms with Crippen molar-refractivity contribution in [1.82, 2.24) is 0 Å². The maximum absolute atomic E-state index is 11.9. The molecule has 2 atom stereocenters. The molecule has 27 heavy (non-hydrogen) atoms. The van der Waals surface area contributed by atoms with Crippen molar-refractivity contribution in [3.63, 3.8) is 0 Å². The molecule has 0 radical (unpaired) electrons. The average molecular weight is 387 g/mol. The molecule has 0 rings (SSSR count). The first-order valence-corrected chi connectivity index (χ1v) is 10.5. The van der Waals surface area contributed by atoms with Gasteiger partial charge in [-0.1, -0.05) is 84.0 Å². The van der Waals surface area contributed by atoms with E-state index < -0.39 is 36.2 Å². The first-order valence-electron chi connectivity index (χ1n) is 10.5. The minimum Gasteiger partial charge on any atom is -0.481 e. The van der Waals surface area contributed by atoms with Crippen LogP contribution in [0, 0.1) is 11.8 Å². The predicted octanol–water partition coefficient (Wildman–Crippen LogP) is 5.04. The smallest absolute Gasteiger partial charge is 0.309 e. The molecule has 6 nitrogen and oxygen atoms in total. The van der Waals surface area contributed by atoms with E-state index in [1.807, 2.05) is 0 Å². The maximum atomic E-state index is 11.9. The van der Waals surface area contributed by atoms with Crippen LogP contribution in [-0.4, -0.2) is 35.2 Å². The molecule has 0 aromatic heterocycles. The van der Waals surface area contributed by atoms with Crippen molar-refractivity contribution in [2.45, 2.75) is 96.8 Å². The van der Waals surface area contributed by atoms with Gasteiger partial charge in [-0.15, -0.1) is 0 Å². The van der Waals surface area contributed by atoms with Gasteiger partial charge in [-0.25, -0.2) is 0 Å². The topological polar surface area (TPSA) is 101 Å². The van der Waals surface area contributed by atoms with Gasteiger partial charge in [0.25, 0.3) is 0 Å². The number of ether oxygens (including phenoxy) is 1. The summed E-state index contributed by atoms with van der Waals surface area (Å²) < 4.78 is 4.69. The Balaban J connectivity index is 3.99. The Hall–Kier alpha value is -1.59. The molecule has 0 aliphatic carbocycles. The van der Waals surface area contributed by atoms with E-state index in [1.165, 1.54) is 58.5 Å². The van der Waals surface area contributed by atoms with Gasteiger partial charge in [0.15, 0.2) is 0 Å². The summed E-state index contributed by atoms with van der Waals surface area (Å²) in [5, 5.41) is 18.2. The van der Waals surface area contributed by atoms with Gasteiger partial charge in [-0.3, -0.25) is 14.4 Å². The molecule has 0 amide bonds. The van der Waals surface area contributed by atoms with Gasteiger partial charge in [-0.2, -0.15) is 0 Å². The number of rotatable bonds is 18. The van der Waals surface area contributed by atoms with E-state index in [9.17, 15) is 19.5 Å². The number of carbonyl (C=O) groups is 3. The number of carbonyl (C=O) groups excluding carboxylic acids is 1. The summed E-state index contributed by atoms with van der Waals surface area (Å²) in [6.45, 7) is 2.22. The Morgan fingerprint density at radius 2 is 1.19 bits per heavy atom. The van der Waals surface area contributed by atoms with Crippen LogP contribution in [0.5, 0.6) is 0 Å². The second-order valence-corrected chi connectivity index (χ2v) is 7.35. The van der Waals surface area contributed by atoms with Gasteiger partial charge >= 0.3 is 17.9 Å². The monoisotopic (exact) mass is 386 g/mol. The van der Waals surface area contributed by atoms with Crippen LogP contribution in [0.2, 0.25) is 0 Å². The summed E-state index contributed by atoms with van der Waals surface area (Å²) in [6.07, 6.45) is 14.0. The molecule has 0 saturated heterocycles. The molecule has 0 spiro atoms. The first-order chi connectivity index (χ1) is 12.9. The second kappa shape index (κ2) is 16.6. The van der Waals surface area contributed by atoms with Crippen molar-refractivity contribution >= 4 is 17.9 Å². The van der Waals surface area contributed by atoms with Gasteiger partial charge in [0.1, 0.15) is 0 Å². The molecule has 0 aromatic rings. The van der Waals surface area contributed by atoms with Gasteiger partial charge in [0, 0.05) is 0 Å². The highest BCUT2D eigenvalue weighted by Crippen LogP contribution is 2.25. The third kappa shape index (κ3) is 13.3. The van der Waals surface area contributed by atoms with Crippen LogP contribution in [0.1, 0.15) is 96.8 Å². The van der Waals surface area contributed by atoms with Crippen molar-refractivity contribution < 1.29 is 29.3 Å². The van der Waals surface area contributed by atoms with E-state index in [-0.39, 0.29) is 0 Å². The van der Waals surface area contributed by atoms with Crippen molar-refractivity contribution in [3.05, 3.63) is 0 Å². The standard InChI is InChI=1S/C21H38O6/c1-3-4-5-6-7-8-9-10-11-12-13-14-15-17(21(26)27-2)18(20(24)25)16-19(22)23/h17-18H,3-16H2,1-2H3,(H,22,23)(H,24,25)/t17-,18-/m0/s1. The first kappa shape index (κ1) is 25.4. The number of aliphatic carboxylic acids is 2. The molecule has 0 bridgehead atoms. The summed E-state index contributed by atoms with van der Waals surface area (Å²) >= 11 is 0. The van der Waals surface area contributed by atoms with E-state index in [2.05, 4.69) is 11.7 Å². The molecular formula is C21H38O6. The van der Waals surface area contributed by atoms with E-state index in [1.54, 1.807) is 0 Å². The SMILES string of the molecule is CCCCCCCCCCCCCC[C@H](C(=O)OC)[C@H](CC(=O)O)C(=O)O. The van der Waals surface area contributed by atoms with Crippen molar-refractivity contribution in [1.29, 1.82) is 0 Å². The fourth-order valence-corrected chi connectivity index (χ4v) is 3.43. The molecule has 0 aliphatic rings. The lowest BCUT2D eigenvalue weighted by molar-refractivity contribution is -0.159. The van der Waals surface area contributed by atoms with Gasteiger partial charge in [0.2, 0.25) is 0 Å². The Bertz CT molecular complexity index is 421. The van der Waals surface area contributed by atoms with Crippen LogP contribution in [0.4, 0.5) is 0 Å². The van der Waals surface area contributed by atoms with Crippen LogP contribution < -0.4 is 0 Å². The van der Waals surface area contributed by atoms with Crippen molar-refractivity contribution in [2.75, 3.05) is 7.11 Å². The lowest BCUT2D eigenvalue weighted by Crippen LogP contribution is -2.32. The minimum absolute atomic E-state index is 0.356. The Kier molecular flexibility index (Phi) is 15.6.